The number of rotatable bonds is 8. The van der Waals surface area contributed by atoms with Crippen LogP contribution >= 0.6 is 24.0 Å². The molecular formula is C23H30FIN4O2. The molecule has 2 aromatic rings. The van der Waals surface area contributed by atoms with E-state index in [9.17, 15) is 9.18 Å². The second kappa shape index (κ2) is 11.9. The van der Waals surface area contributed by atoms with Gasteiger partial charge in [0.1, 0.15) is 0 Å². The summed E-state index contributed by atoms with van der Waals surface area (Å²) in [5, 5.41) is 9.10. The third-order valence-electron chi connectivity index (χ3n) is 5.08. The molecule has 0 aromatic heterocycles. The van der Waals surface area contributed by atoms with Gasteiger partial charge in [-0.3, -0.25) is 9.79 Å². The Balaban J connectivity index is 0.00000341. The lowest BCUT2D eigenvalue weighted by Crippen LogP contribution is -2.38. The second-order valence-electron chi connectivity index (χ2n) is 7.52. The van der Waals surface area contributed by atoms with Gasteiger partial charge in [0.05, 0.1) is 12.6 Å². The van der Waals surface area contributed by atoms with Crippen molar-refractivity contribution >= 4 is 35.8 Å². The molecule has 6 nitrogen and oxygen atoms in total. The number of ether oxygens (including phenoxy) is 1. The summed E-state index contributed by atoms with van der Waals surface area (Å²) in [6, 6.07) is 12.3. The highest BCUT2D eigenvalue weighted by atomic mass is 127. The molecule has 1 fully saturated rings. The van der Waals surface area contributed by atoms with Crippen molar-refractivity contribution in [2.75, 3.05) is 20.7 Å². The van der Waals surface area contributed by atoms with E-state index >= 15 is 0 Å². The third kappa shape index (κ3) is 7.37. The molecule has 0 bridgehead atoms. The topological polar surface area (TPSA) is 74.8 Å². The molecule has 2 aromatic carbocycles. The van der Waals surface area contributed by atoms with E-state index in [1.807, 2.05) is 31.2 Å². The van der Waals surface area contributed by atoms with Crippen molar-refractivity contribution in [2.24, 2.45) is 10.9 Å². The van der Waals surface area contributed by atoms with Gasteiger partial charge in [-0.2, -0.15) is 0 Å². The van der Waals surface area contributed by atoms with Gasteiger partial charge in [-0.1, -0.05) is 18.2 Å². The van der Waals surface area contributed by atoms with Gasteiger partial charge in [0, 0.05) is 26.2 Å². The number of halogens is 2. The smallest absolute Gasteiger partial charge is 0.251 e. The average Bonchev–Trinajstić information content (AvgIpc) is 3.59. The summed E-state index contributed by atoms with van der Waals surface area (Å²) in [6.07, 6.45) is 2.34. The maximum Gasteiger partial charge on any atom is 0.251 e. The van der Waals surface area contributed by atoms with Gasteiger partial charge in [-0.25, -0.2) is 4.39 Å². The summed E-state index contributed by atoms with van der Waals surface area (Å²) >= 11 is 0. The maximum atomic E-state index is 14.4. The predicted octanol–water partition coefficient (Wildman–Crippen LogP) is 4.02. The predicted molar refractivity (Wildman–Crippen MR) is 132 cm³/mol. The molecule has 1 aliphatic rings. The first-order valence-electron chi connectivity index (χ1n) is 10.2. The molecule has 0 heterocycles. The lowest BCUT2D eigenvalue weighted by Gasteiger charge is -2.19. The normalized spacial score (nSPS) is 14.3. The van der Waals surface area contributed by atoms with Gasteiger partial charge in [0.25, 0.3) is 5.91 Å². The van der Waals surface area contributed by atoms with E-state index in [1.54, 1.807) is 26.2 Å². The summed E-state index contributed by atoms with van der Waals surface area (Å²) in [6.45, 7) is 3.03. The van der Waals surface area contributed by atoms with Crippen LogP contribution in [0.1, 0.15) is 47.3 Å². The SMILES string of the molecule is CN=C(NCc1cccc(C(=O)NC)c1)NC(C)c1ccc(OCC2CC2)c(F)c1.I. The first-order chi connectivity index (χ1) is 14.5. The zero-order chi connectivity index (χ0) is 21.5. The first kappa shape index (κ1) is 24.9. The van der Waals surface area contributed by atoms with Crippen molar-refractivity contribution < 1.29 is 13.9 Å². The van der Waals surface area contributed by atoms with E-state index in [4.69, 9.17) is 4.74 Å². The molecule has 0 saturated heterocycles. The summed E-state index contributed by atoms with van der Waals surface area (Å²) in [4.78, 5) is 16.0. The Hall–Kier alpha value is -2.36. The van der Waals surface area contributed by atoms with Gasteiger partial charge >= 0.3 is 0 Å². The fourth-order valence-corrected chi connectivity index (χ4v) is 3.03. The van der Waals surface area contributed by atoms with Crippen LogP contribution in [0.3, 0.4) is 0 Å². The van der Waals surface area contributed by atoms with Crippen LogP contribution in [0.2, 0.25) is 0 Å². The molecule has 3 N–H and O–H groups in total. The van der Waals surface area contributed by atoms with Gasteiger partial charge < -0.3 is 20.7 Å². The van der Waals surface area contributed by atoms with Crippen LogP contribution in [0.4, 0.5) is 4.39 Å². The van der Waals surface area contributed by atoms with Crippen LogP contribution < -0.4 is 20.7 Å². The van der Waals surface area contributed by atoms with Gasteiger partial charge in [0.15, 0.2) is 17.5 Å². The molecule has 0 aliphatic heterocycles. The molecule has 31 heavy (non-hydrogen) atoms. The Labute approximate surface area is 200 Å². The molecule has 1 unspecified atom stereocenters. The largest absolute Gasteiger partial charge is 0.490 e. The van der Waals surface area contributed by atoms with Gasteiger partial charge in [-0.15, -0.1) is 24.0 Å². The Bertz CT molecular complexity index is 918. The third-order valence-corrected chi connectivity index (χ3v) is 5.08. The van der Waals surface area contributed by atoms with Crippen LogP contribution in [0.25, 0.3) is 0 Å². The molecule has 0 radical (unpaired) electrons. The van der Waals surface area contributed by atoms with Crippen molar-refractivity contribution in [2.45, 2.75) is 32.4 Å². The van der Waals surface area contributed by atoms with E-state index < -0.39 is 0 Å². The summed E-state index contributed by atoms with van der Waals surface area (Å²) < 4.78 is 19.9. The van der Waals surface area contributed by atoms with Gasteiger partial charge in [0.2, 0.25) is 0 Å². The van der Waals surface area contributed by atoms with E-state index in [2.05, 4.69) is 20.9 Å². The minimum Gasteiger partial charge on any atom is -0.490 e. The molecule has 1 amide bonds. The molecule has 3 rings (SSSR count). The van der Waals surface area contributed by atoms with Crippen LogP contribution in [-0.2, 0) is 6.54 Å². The first-order valence-corrected chi connectivity index (χ1v) is 10.2. The monoisotopic (exact) mass is 540 g/mol. The number of hydrogen-bond acceptors (Lipinski definition) is 3. The lowest BCUT2D eigenvalue weighted by molar-refractivity contribution is 0.0963. The van der Waals surface area contributed by atoms with E-state index in [-0.39, 0.29) is 41.7 Å². The van der Waals surface area contributed by atoms with Crippen LogP contribution in [0, 0.1) is 11.7 Å². The fraction of sp³-hybridized carbons (Fsp3) is 0.391. The zero-order valence-electron chi connectivity index (χ0n) is 18.1. The number of aliphatic imine (C=N–C) groups is 1. The molecular weight excluding hydrogens is 510 g/mol. The van der Waals surface area contributed by atoms with Crippen molar-refractivity contribution in [3.63, 3.8) is 0 Å². The van der Waals surface area contributed by atoms with Crippen LogP contribution in [0.5, 0.6) is 5.75 Å². The summed E-state index contributed by atoms with van der Waals surface area (Å²) in [5.41, 5.74) is 2.36. The fourth-order valence-electron chi connectivity index (χ4n) is 3.03. The number of hydrogen-bond donors (Lipinski definition) is 3. The van der Waals surface area contributed by atoms with Crippen molar-refractivity contribution in [3.05, 3.63) is 65.0 Å². The Kier molecular flexibility index (Phi) is 9.54. The standard InChI is InChI=1S/C23H29FN4O2.HI/c1-15(18-9-10-21(20(24)12-18)30-14-16-7-8-16)28-23(26-3)27-13-17-5-4-6-19(11-17)22(29)25-2;/h4-6,9-12,15-16H,7-8,13-14H2,1-3H3,(H,25,29)(H2,26,27,28);1H. The number of benzene rings is 2. The van der Waals surface area contributed by atoms with Crippen molar-refractivity contribution in [1.82, 2.24) is 16.0 Å². The number of nitrogens with one attached hydrogen (secondary N) is 3. The zero-order valence-corrected chi connectivity index (χ0v) is 20.4. The summed E-state index contributed by atoms with van der Waals surface area (Å²) in [7, 11) is 3.29. The Morgan fingerprint density at radius 2 is 2.03 bits per heavy atom. The van der Waals surface area contributed by atoms with Crippen molar-refractivity contribution in [3.8, 4) is 5.75 Å². The van der Waals surface area contributed by atoms with Gasteiger partial charge in [-0.05, 0) is 61.1 Å². The number of carbonyl (C=O) groups is 1. The molecule has 1 aliphatic carbocycles. The highest BCUT2D eigenvalue weighted by molar-refractivity contribution is 14.0. The number of nitrogens with zero attached hydrogens (tertiary/aromatic N) is 1. The average molecular weight is 540 g/mol. The minimum absolute atomic E-state index is 0. The molecule has 1 saturated carbocycles. The molecule has 8 heteroatoms. The highest BCUT2D eigenvalue weighted by Crippen LogP contribution is 2.30. The Morgan fingerprint density at radius 3 is 2.68 bits per heavy atom. The van der Waals surface area contributed by atoms with E-state index in [0.717, 1.165) is 11.1 Å². The molecule has 0 spiro atoms. The summed E-state index contributed by atoms with van der Waals surface area (Å²) in [5.74, 6) is 0.991. The van der Waals surface area contributed by atoms with Crippen LogP contribution in [-0.4, -0.2) is 32.6 Å². The molecule has 1 atom stereocenters. The minimum atomic E-state index is -0.351. The van der Waals surface area contributed by atoms with Crippen molar-refractivity contribution in [1.29, 1.82) is 0 Å². The highest BCUT2D eigenvalue weighted by Gasteiger charge is 2.22. The Morgan fingerprint density at radius 1 is 1.26 bits per heavy atom. The second-order valence-corrected chi connectivity index (χ2v) is 7.52. The van der Waals surface area contributed by atoms with E-state index in [0.29, 0.717) is 36.3 Å². The van der Waals surface area contributed by atoms with Crippen LogP contribution in [0.15, 0.2) is 47.5 Å². The quantitative estimate of drug-likeness (QED) is 0.269. The number of guanidine groups is 1. The maximum absolute atomic E-state index is 14.4. The lowest BCUT2D eigenvalue weighted by atomic mass is 10.1. The number of carbonyl (C=O) groups excluding carboxylic acids is 1. The van der Waals surface area contributed by atoms with E-state index in [1.165, 1.54) is 18.9 Å². The number of amides is 1. The molecule has 168 valence electrons.